The van der Waals surface area contributed by atoms with Crippen molar-refractivity contribution in [1.82, 2.24) is 4.90 Å². The average Bonchev–Trinajstić information content (AvgIpc) is 2.66. The van der Waals surface area contributed by atoms with Crippen LogP contribution in [0, 0.1) is 6.92 Å². The number of aryl methyl sites for hydroxylation is 1. The van der Waals surface area contributed by atoms with Crippen molar-refractivity contribution in [3.05, 3.63) is 59.8 Å². The van der Waals surface area contributed by atoms with Gasteiger partial charge in [-0.05, 0) is 24.6 Å². The molecule has 0 spiro atoms. The van der Waals surface area contributed by atoms with Crippen molar-refractivity contribution in [2.24, 2.45) is 4.99 Å². The molecule has 2 aliphatic rings. The van der Waals surface area contributed by atoms with Gasteiger partial charge in [-0.3, -0.25) is 4.79 Å². The lowest BCUT2D eigenvalue weighted by Gasteiger charge is -2.23. The molecule has 3 rings (SSSR count). The van der Waals surface area contributed by atoms with Gasteiger partial charge in [-0.15, -0.1) is 0 Å². The monoisotopic (exact) mass is 238 g/mol. The van der Waals surface area contributed by atoms with Gasteiger partial charge in [0.05, 0.1) is 0 Å². The summed E-state index contributed by atoms with van der Waals surface area (Å²) in [6.07, 6.45) is 8.32. The summed E-state index contributed by atoms with van der Waals surface area (Å²) in [5, 5.41) is 0. The standard InChI is InChI=1S/C15H14N2O/c1-11-5-4-6-12(9-11)10-13-15(18)16-14-7-2-3-8-17(13)14/h2-9,13H,10H2,1H3. The molecule has 3 heteroatoms. The topological polar surface area (TPSA) is 32.7 Å². The summed E-state index contributed by atoms with van der Waals surface area (Å²) in [6, 6.07) is 8.07. The molecule has 0 bridgehead atoms. The molecular formula is C15H14N2O. The molecule has 18 heavy (non-hydrogen) atoms. The first-order chi connectivity index (χ1) is 8.74. The Morgan fingerprint density at radius 1 is 1.33 bits per heavy atom. The van der Waals surface area contributed by atoms with Crippen LogP contribution in [0.1, 0.15) is 11.1 Å². The molecule has 0 saturated carbocycles. The van der Waals surface area contributed by atoms with Gasteiger partial charge in [0, 0.05) is 12.6 Å². The lowest BCUT2D eigenvalue weighted by atomic mass is 10.0. The number of hydrogen-bond donors (Lipinski definition) is 0. The average molecular weight is 238 g/mol. The van der Waals surface area contributed by atoms with Crippen molar-refractivity contribution in [2.45, 2.75) is 19.4 Å². The first-order valence-corrected chi connectivity index (χ1v) is 6.05. The molecule has 3 nitrogen and oxygen atoms in total. The van der Waals surface area contributed by atoms with Gasteiger partial charge in [-0.25, -0.2) is 0 Å². The molecule has 2 heterocycles. The van der Waals surface area contributed by atoms with Gasteiger partial charge in [-0.1, -0.05) is 35.9 Å². The van der Waals surface area contributed by atoms with Crippen LogP contribution in [-0.4, -0.2) is 22.7 Å². The van der Waals surface area contributed by atoms with Crippen molar-refractivity contribution in [1.29, 1.82) is 0 Å². The van der Waals surface area contributed by atoms with Gasteiger partial charge in [0.2, 0.25) is 0 Å². The van der Waals surface area contributed by atoms with Crippen LogP contribution in [0.5, 0.6) is 0 Å². The number of fused-ring (bicyclic) bond motifs is 1. The van der Waals surface area contributed by atoms with E-state index in [-0.39, 0.29) is 11.9 Å². The van der Waals surface area contributed by atoms with Crippen molar-refractivity contribution in [3.63, 3.8) is 0 Å². The van der Waals surface area contributed by atoms with Gasteiger partial charge in [-0.2, -0.15) is 4.99 Å². The minimum absolute atomic E-state index is 0.0530. The highest BCUT2D eigenvalue weighted by atomic mass is 16.2. The summed E-state index contributed by atoms with van der Waals surface area (Å²) in [7, 11) is 0. The molecule has 1 aromatic carbocycles. The van der Waals surface area contributed by atoms with E-state index in [1.54, 1.807) is 0 Å². The molecule has 0 aliphatic carbocycles. The second kappa shape index (κ2) is 4.26. The van der Waals surface area contributed by atoms with E-state index in [0.29, 0.717) is 6.42 Å². The number of aliphatic imine (C=N–C) groups is 1. The molecule has 1 aromatic rings. The predicted octanol–water partition coefficient (Wildman–Crippen LogP) is 2.23. The Kier molecular flexibility index (Phi) is 2.59. The number of hydrogen-bond acceptors (Lipinski definition) is 2. The van der Waals surface area contributed by atoms with E-state index in [1.165, 1.54) is 11.1 Å². The Hall–Kier alpha value is -2.16. The number of allylic oxidation sites excluding steroid dienone is 2. The van der Waals surface area contributed by atoms with Crippen LogP contribution >= 0.6 is 0 Å². The summed E-state index contributed by atoms with van der Waals surface area (Å²) in [6.45, 7) is 2.06. The Morgan fingerprint density at radius 3 is 3.06 bits per heavy atom. The maximum absolute atomic E-state index is 11.9. The Bertz CT molecular complexity index is 584. The lowest BCUT2D eigenvalue weighted by Crippen LogP contribution is -2.35. The van der Waals surface area contributed by atoms with Crippen molar-refractivity contribution < 1.29 is 4.79 Å². The largest absolute Gasteiger partial charge is 0.320 e. The molecule has 0 aromatic heterocycles. The van der Waals surface area contributed by atoms with Crippen LogP contribution in [0.3, 0.4) is 0 Å². The first kappa shape index (κ1) is 11.0. The SMILES string of the molecule is Cc1cccc(CC2C(=O)N=C3C=CC=CN32)c1. The highest BCUT2D eigenvalue weighted by Gasteiger charge is 2.33. The lowest BCUT2D eigenvalue weighted by molar-refractivity contribution is -0.119. The Morgan fingerprint density at radius 2 is 2.22 bits per heavy atom. The van der Waals surface area contributed by atoms with Crippen molar-refractivity contribution in [2.75, 3.05) is 0 Å². The highest BCUT2D eigenvalue weighted by Crippen LogP contribution is 2.20. The number of amidine groups is 1. The number of benzene rings is 1. The number of carbonyl (C=O) groups is 1. The zero-order chi connectivity index (χ0) is 12.5. The molecule has 0 N–H and O–H groups in total. The van der Waals surface area contributed by atoms with Gasteiger partial charge >= 0.3 is 0 Å². The first-order valence-electron chi connectivity index (χ1n) is 6.05. The molecule has 90 valence electrons. The molecule has 1 atom stereocenters. The van der Waals surface area contributed by atoms with E-state index in [0.717, 1.165) is 5.84 Å². The van der Waals surface area contributed by atoms with Crippen LogP contribution in [0.15, 0.2) is 53.7 Å². The summed E-state index contributed by atoms with van der Waals surface area (Å²) in [5.74, 6) is 0.697. The molecule has 1 unspecified atom stereocenters. The Balaban J connectivity index is 1.84. The van der Waals surface area contributed by atoms with Crippen LogP contribution in [0.25, 0.3) is 0 Å². The minimum Gasteiger partial charge on any atom is -0.320 e. The van der Waals surface area contributed by atoms with Crippen LogP contribution in [-0.2, 0) is 11.2 Å². The highest BCUT2D eigenvalue weighted by molar-refractivity contribution is 6.10. The fourth-order valence-electron chi connectivity index (χ4n) is 2.36. The maximum Gasteiger partial charge on any atom is 0.271 e. The van der Waals surface area contributed by atoms with E-state index in [2.05, 4.69) is 30.1 Å². The van der Waals surface area contributed by atoms with Gasteiger partial charge < -0.3 is 4.90 Å². The summed E-state index contributed by atoms with van der Waals surface area (Å²) < 4.78 is 0. The molecule has 2 aliphatic heterocycles. The van der Waals surface area contributed by atoms with Gasteiger partial charge in [0.15, 0.2) is 0 Å². The Labute approximate surface area is 106 Å². The van der Waals surface area contributed by atoms with E-state index < -0.39 is 0 Å². The van der Waals surface area contributed by atoms with Gasteiger partial charge in [0.25, 0.3) is 5.91 Å². The molecule has 1 amide bonds. The van der Waals surface area contributed by atoms with E-state index >= 15 is 0 Å². The fourth-order valence-corrected chi connectivity index (χ4v) is 2.36. The third-order valence-corrected chi connectivity index (χ3v) is 3.22. The zero-order valence-electron chi connectivity index (χ0n) is 10.2. The van der Waals surface area contributed by atoms with Crippen molar-refractivity contribution in [3.8, 4) is 0 Å². The molecule has 0 radical (unpaired) electrons. The number of nitrogens with zero attached hydrogens (tertiary/aromatic N) is 2. The van der Waals surface area contributed by atoms with Gasteiger partial charge in [0.1, 0.15) is 11.9 Å². The minimum atomic E-state index is -0.192. The number of rotatable bonds is 2. The third kappa shape index (κ3) is 1.88. The van der Waals surface area contributed by atoms with Crippen molar-refractivity contribution >= 4 is 11.7 Å². The summed E-state index contributed by atoms with van der Waals surface area (Å²) in [5.41, 5.74) is 2.39. The van der Waals surface area contributed by atoms with Crippen LogP contribution in [0.2, 0.25) is 0 Å². The normalized spacial score (nSPS) is 21.2. The van der Waals surface area contributed by atoms with Crippen LogP contribution < -0.4 is 0 Å². The predicted molar refractivity (Wildman–Crippen MR) is 71.2 cm³/mol. The van der Waals surface area contributed by atoms with E-state index in [4.69, 9.17) is 0 Å². The fraction of sp³-hybridized carbons (Fsp3) is 0.200. The maximum atomic E-state index is 11.9. The molecular weight excluding hydrogens is 224 g/mol. The second-order valence-corrected chi connectivity index (χ2v) is 4.63. The molecule has 0 saturated heterocycles. The quantitative estimate of drug-likeness (QED) is 0.791. The summed E-state index contributed by atoms with van der Waals surface area (Å²) >= 11 is 0. The summed E-state index contributed by atoms with van der Waals surface area (Å²) in [4.78, 5) is 18.0. The third-order valence-electron chi connectivity index (χ3n) is 3.22. The molecule has 0 fully saturated rings. The van der Waals surface area contributed by atoms with E-state index in [1.807, 2.05) is 35.4 Å². The van der Waals surface area contributed by atoms with Crippen LogP contribution in [0.4, 0.5) is 0 Å². The smallest absolute Gasteiger partial charge is 0.271 e. The zero-order valence-corrected chi connectivity index (χ0v) is 10.2. The number of carbonyl (C=O) groups excluding carboxylic acids is 1. The number of amides is 1. The van der Waals surface area contributed by atoms with E-state index in [9.17, 15) is 4.79 Å². The second-order valence-electron chi connectivity index (χ2n) is 4.63.